The topological polar surface area (TPSA) is 48.5 Å². The van der Waals surface area contributed by atoms with Crippen molar-refractivity contribution in [2.45, 2.75) is 6.92 Å². The number of hydrogen-bond donors (Lipinski definition) is 1. The third-order valence-corrected chi connectivity index (χ3v) is 5.12. The molecule has 0 aliphatic carbocycles. The number of hydrogen-bond acceptors (Lipinski definition) is 4. The zero-order valence-corrected chi connectivity index (χ0v) is 16.3. The number of carbonyl (C=O) groups excluding carboxylic acids is 1. The summed E-state index contributed by atoms with van der Waals surface area (Å²) in [4.78, 5) is 21.0. The van der Waals surface area contributed by atoms with Gasteiger partial charge in [0.15, 0.2) is 0 Å². The predicted molar refractivity (Wildman–Crippen MR) is 114 cm³/mol. The Bertz CT molecular complexity index is 981. The van der Waals surface area contributed by atoms with Gasteiger partial charge in [0.25, 0.3) is 5.91 Å². The number of amides is 1. The van der Waals surface area contributed by atoms with Gasteiger partial charge in [0.2, 0.25) is 0 Å². The van der Waals surface area contributed by atoms with E-state index in [-0.39, 0.29) is 11.7 Å². The number of piperazine rings is 1. The Labute approximate surface area is 169 Å². The fraction of sp³-hybridized carbons (Fsp3) is 0.217. The fourth-order valence-electron chi connectivity index (χ4n) is 3.44. The summed E-state index contributed by atoms with van der Waals surface area (Å²) in [5.74, 6) is 0.511. The Kier molecular flexibility index (Phi) is 5.42. The van der Waals surface area contributed by atoms with Crippen molar-refractivity contribution in [3.63, 3.8) is 0 Å². The largest absolute Gasteiger partial charge is 0.366 e. The summed E-state index contributed by atoms with van der Waals surface area (Å²) < 4.78 is 14.0. The number of anilines is 3. The van der Waals surface area contributed by atoms with Crippen LogP contribution < -0.4 is 15.1 Å². The number of para-hydroxylation sites is 1. The van der Waals surface area contributed by atoms with Crippen LogP contribution in [-0.4, -0.2) is 37.1 Å². The number of halogens is 1. The summed E-state index contributed by atoms with van der Waals surface area (Å²) in [6.45, 7) is 4.97. The molecule has 0 atom stereocenters. The van der Waals surface area contributed by atoms with Crippen LogP contribution in [0.3, 0.4) is 0 Å². The quantitative estimate of drug-likeness (QED) is 0.728. The highest BCUT2D eigenvalue weighted by atomic mass is 19.1. The van der Waals surface area contributed by atoms with Crippen LogP contribution in [0.15, 0.2) is 66.9 Å². The monoisotopic (exact) mass is 390 g/mol. The van der Waals surface area contributed by atoms with Crippen LogP contribution in [0, 0.1) is 12.7 Å². The molecular weight excluding hydrogens is 367 g/mol. The molecule has 29 heavy (non-hydrogen) atoms. The fourth-order valence-corrected chi connectivity index (χ4v) is 3.44. The van der Waals surface area contributed by atoms with Crippen LogP contribution in [0.4, 0.5) is 21.6 Å². The minimum Gasteiger partial charge on any atom is -0.366 e. The highest BCUT2D eigenvalue weighted by Gasteiger charge is 2.20. The van der Waals surface area contributed by atoms with E-state index in [0.29, 0.717) is 16.9 Å². The van der Waals surface area contributed by atoms with Crippen LogP contribution in [-0.2, 0) is 0 Å². The van der Waals surface area contributed by atoms with Gasteiger partial charge in [-0.15, -0.1) is 0 Å². The van der Waals surface area contributed by atoms with E-state index in [1.54, 1.807) is 12.3 Å². The number of aryl methyl sites for hydroxylation is 1. The molecule has 0 radical (unpaired) electrons. The number of rotatable bonds is 4. The molecule has 2 aromatic carbocycles. The summed E-state index contributed by atoms with van der Waals surface area (Å²) in [5, 5.41) is 2.87. The van der Waals surface area contributed by atoms with Crippen LogP contribution in [0.2, 0.25) is 0 Å². The molecule has 148 valence electrons. The highest BCUT2D eigenvalue weighted by Crippen LogP contribution is 2.22. The minimum absolute atomic E-state index is 0.155. The second-order valence-electron chi connectivity index (χ2n) is 7.15. The third kappa shape index (κ3) is 4.37. The Morgan fingerprint density at radius 3 is 2.28 bits per heavy atom. The van der Waals surface area contributed by atoms with E-state index < -0.39 is 0 Å². The maximum Gasteiger partial charge on any atom is 0.255 e. The van der Waals surface area contributed by atoms with Gasteiger partial charge in [0.1, 0.15) is 11.6 Å². The van der Waals surface area contributed by atoms with Crippen molar-refractivity contribution >= 4 is 23.1 Å². The second kappa shape index (κ2) is 8.31. The number of benzene rings is 2. The molecule has 6 heteroatoms. The Morgan fingerprint density at radius 2 is 1.62 bits per heavy atom. The second-order valence-corrected chi connectivity index (χ2v) is 7.15. The Hall–Kier alpha value is -3.41. The molecule has 2 heterocycles. The van der Waals surface area contributed by atoms with E-state index in [0.717, 1.165) is 37.6 Å². The number of pyridine rings is 1. The maximum atomic E-state index is 14.0. The van der Waals surface area contributed by atoms with Gasteiger partial charge in [-0.05, 0) is 43.3 Å². The molecule has 1 aliphatic heterocycles. The normalized spacial score (nSPS) is 14.0. The lowest BCUT2D eigenvalue weighted by Crippen LogP contribution is -2.47. The molecule has 1 aliphatic rings. The van der Waals surface area contributed by atoms with Gasteiger partial charge in [0.05, 0.1) is 17.6 Å². The van der Waals surface area contributed by atoms with E-state index in [9.17, 15) is 9.18 Å². The summed E-state index contributed by atoms with van der Waals surface area (Å²) in [7, 11) is 0. The average Bonchev–Trinajstić information content (AvgIpc) is 2.75. The number of nitrogens with one attached hydrogen (secondary N) is 1. The van der Waals surface area contributed by atoms with Gasteiger partial charge in [-0.3, -0.25) is 4.79 Å². The van der Waals surface area contributed by atoms with Crippen molar-refractivity contribution in [3.8, 4) is 0 Å². The molecule has 0 saturated carbocycles. The molecule has 0 unspecified atom stereocenters. The number of carbonyl (C=O) groups is 1. The first-order valence-electron chi connectivity index (χ1n) is 9.69. The first-order valence-corrected chi connectivity index (χ1v) is 9.69. The Balaban J connectivity index is 1.35. The van der Waals surface area contributed by atoms with Crippen molar-refractivity contribution in [1.82, 2.24) is 4.98 Å². The van der Waals surface area contributed by atoms with Gasteiger partial charge < -0.3 is 15.1 Å². The minimum atomic E-state index is -0.187. The van der Waals surface area contributed by atoms with Gasteiger partial charge in [-0.2, -0.15) is 0 Å². The highest BCUT2D eigenvalue weighted by molar-refractivity contribution is 6.04. The van der Waals surface area contributed by atoms with E-state index in [2.05, 4.69) is 20.1 Å². The number of nitrogens with zero attached hydrogens (tertiary/aromatic N) is 3. The van der Waals surface area contributed by atoms with Crippen molar-refractivity contribution in [2.75, 3.05) is 41.3 Å². The van der Waals surface area contributed by atoms with Gasteiger partial charge in [-0.1, -0.05) is 29.8 Å². The van der Waals surface area contributed by atoms with Crippen LogP contribution >= 0.6 is 0 Å². The lowest BCUT2D eigenvalue weighted by molar-refractivity contribution is 0.102. The van der Waals surface area contributed by atoms with E-state index in [1.165, 1.54) is 6.07 Å². The zero-order chi connectivity index (χ0) is 20.2. The maximum absolute atomic E-state index is 14.0. The van der Waals surface area contributed by atoms with E-state index in [4.69, 9.17) is 0 Å². The average molecular weight is 390 g/mol. The molecule has 0 spiro atoms. The van der Waals surface area contributed by atoms with E-state index in [1.807, 2.05) is 55.5 Å². The molecule has 3 aromatic rings. The molecule has 1 saturated heterocycles. The third-order valence-electron chi connectivity index (χ3n) is 5.12. The lowest BCUT2D eigenvalue weighted by Gasteiger charge is -2.36. The molecular formula is C23H23FN4O. The molecule has 4 rings (SSSR count). The predicted octanol–water partition coefficient (Wildman–Crippen LogP) is 4.11. The first kappa shape index (κ1) is 18.9. The molecule has 1 fully saturated rings. The summed E-state index contributed by atoms with van der Waals surface area (Å²) in [6.07, 6.45) is 1.67. The summed E-state index contributed by atoms with van der Waals surface area (Å²) in [6, 6.07) is 18.1. The van der Waals surface area contributed by atoms with Gasteiger partial charge >= 0.3 is 0 Å². The van der Waals surface area contributed by atoms with Gasteiger partial charge in [-0.25, -0.2) is 9.37 Å². The van der Waals surface area contributed by atoms with Crippen molar-refractivity contribution < 1.29 is 9.18 Å². The van der Waals surface area contributed by atoms with Crippen LogP contribution in [0.25, 0.3) is 0 Å². The molecule has 1 amide bonds. The van der Waals surface area contributed by atoms with Crippen molar-refractivity contribution in [3.05, 3.63) is 83.8 Å². The Morgan fingerprint density at radius 1 is 0.931 bits per heavy atom. The standard InChI is InChI=1S/C23H23FN4O/c1-17-6-8-18(9-7-17)23(29)26-19-10-11-22(25-16-19)28-14-12-27(13-15-28)21-5-3-2-4-20(21)24/h2-11,16H,12-15H2,1H3,(H,26,29). The zero-order valence-electron chi connectivity index (χ0n) is 16.3. The summed E-state index contributed by atoms with van der Waals surface area (Å²) >= 11 is 0. The molecule has 0 bridgehead atoms. The van der Waals surface area contributed by atoms with Gasteiger partial charge in [0, 0.05) is 31.7 Å². The van der Waals surface area contributed by atoms with Crippen LogP contribution in [0.1, 0.15) is 15.9 Å². The van der Waals surface area contributed by atoms with Crippen LogP contribution in [0.5, 0.6) is 0 Å². The molecule has 1 N–H and O–H groups in total. The van der Waals surface area contributed by atoms with Crippen molar-refractivity contribution in [1.29, 1.82) is 0 Å². The SMILES string of the molecule is Cc1ccc(C(=O)Nc2ccc(N3CCN(c4ccccc4F)CC3)nc2)cc1. The van der Waals surface area contributed by atoms with Crippen molar-refractivity contribution in [2.24, 2.45) is 0 Å². The smallest absolute Gasteiger partial charge is 0.255 e. The molecule has 5 nitrogen and oxygen atoms in total. The lowest BCUT2D eigenvalue weighted by atomic mass is 10.1. The van der Waals surface area contributed by atoms with E-state index >= 15 is 0 Å². The number of aromatic nitrogens is 1. The summed E-state index contributed by atoms with van der Waals surface area (Å²) in [5.41, 5.74) is 3.03. The molecule has 1 aromatic heterocycles. The first-order chi connectivity index (χ1) is 14.1.